The summed E-state index contributed by atoms with van der Waals surface area (Å²) in [5.41, 5.74) is 3.23. The van der Waals surface area contributed by atoms with Crippen LogP contribution in [0.3, 0.4) is 0 Å². The summed E-state index contributed by atoms with van der Waals surface area (Å²) in [5.74, 6) is -0.0924. The summed E-state index contributed by atoms with van der Waals surface area (Å²) in [7, 11) is 0. The van der Waals surface area contributed by atoms with Crippen LogP contribution in [0, 0.1) is 6.92 Å². The predicted molar refractivity (Wildman–Crippen MR) is 96.3 cm³/mol. The fourth-order valence-electron chi connectivity index (χ4n) is 3.40. The summed E-state index contributed by atoms with van der Waals surface area (Å²) >= 11 is 0. The molecule has 1 aromatic heterocycles. The first-order valence-corrected chi connectivity index (χ1v) is 8.29. The number of hydrogen-bond donors (Lipinski definition) is 1. The molecule has 0 bridgehead atoms. The number of oxazole rings is 1. The SMILES string of the molecule is Cc1c(O)c2c3c(oc(=O)n3C=CC2c2ccccc2)c1OC(C)C. The second kappa shape index (κ2) is 5.55. The second-order valence-electron chi connectivity index (χ2n) is 6.53. The first-order valence-electron chi connectivity index (χ1n) is 8.29. The summed E-state index contributed by atoms with van der Waals surface area (Å²) in [6.07, 6.45) is 3.49. The molecule has 1 aliphatic heterocycles. The molecule has 2 aromatic carbocycles. The predicted octanol–water partition coefficient (Wildman–Crippen LogP) is 4.01. The van der Waals surface area contributed by atoms with Crippen molar-refractivity contribution in [2.45, 2.75) is 32.8 Å². The number of benzene rings is 2. The van der Waals surface area contributed by atoms with Gasteiger partial charge in [0.2, 0.25) is 0 Å². The summed E-state index contributed by atoms with van der Waals surface area (Å²) in [6, 6.07) is 9.86. The molecular weight excluding hydrogens is 318 g/mol. The van der Waals surface area contributed by atoms with Crippen LogP contribution in [-0.2, 0) is 0 Å². The Hall–Kier alpha value is -2.95. The van der Waals surface area contributed by atoms with Crippen LogP contribution in [0.15, 0.2) is 45.6 Å². The first kappa shape index (κ1) is 15.6. The summed E-state index contributed by atoms with van der Waals surface area (Å²) in [5, 5.41) is 10.9. The van der Waals surface area contributed by atoms with Gasteiger partial charge in [-0.25, -0.2) is 9.36 Å². The average molecular weight is 337 g/mol. The van der Waals surface area contributed by atoms with E-state index in [9.17, 15) is 9.90 Å². The van der Waals surface area contributed by atoms with Gasteiger partial charge < -0.3 is 14.3 Å². The van der Waals surface area contributed by atoms with Gasteiger partial charge in [-0.15, -0.1) is 0 Å². The fraction of sp³-hybridized carbons (Fsp3) is 0.250. The van der Waals surface area contributed by atoms with E-state index in [2.05, 4.69) is 0 Å². The van der Waals surface area contributed by atoms with Gasteiger partial charge in [-0.05, 0) is 26.3 Å². The maximum absolute atomic E-state index is 12.3. The molecule has 0 radical (unpaired) electrons. The molecule has 1 unspecified atom stereocenters. The first-order chi connectivity index (χ1) is 12.0. The third-order valence-electron chi connectivity index (χ3n) is 4.51. The molecule has 4 rings (SSSR count). The molecule has 3 aromatic rings. The highest BCUT2D eigenvalue weighted by Crippen LogP contribution is 2.47. The number of allylic oxidation sites excluding steroid dienone is 1. The van der Waals surface area contributed by atoms with Crippen LogP contribution < -0.4 is 10.5 Å². The lowest BCUT2D eigenvalue weighted by atomic mass is 9.87. The molecule has 1 atom stereocenters. The smallest absolute Gasteiger partial charge is 0.424 e. The Morgan fingerprint density at radius 3 is 2.64 bits per heavy atom. The normalized spacial score (nSPS) is 15.9. The topological polar surface area (TPSA) is 64.6 Å². The van der Waals surface area contributed by atoms with Gasteiger partial charge in [0.1, 0.15) is 11.3 Å². The third kappa shape index (κ3) is 2.27. The Bertz CT molecular complexity index is 1040. The van der Waals surface area contributed by atoms with Crippen LogP contribution in [0.2, 0.25) is 0 Å². The van der Waals surface area contributed by atoms with E-state index in [0.717, 1.165) is 5.56 Å². The molecule has 25 heavy (non-hydrogen) atoms. The van der Waals surface area contributed by atoms with Gasteiger partial charge in [0.25, 0.3) is 0 Å². The van der Waals surface area contributed by atoms with Gasteiger partial charge in [-0.1, -0.05) is 36.4 Å². The second-order valence-corrected chi connectivity index (χ2v) is 6.53. The van der Waals surface area contributed by atoms with Crippen molar-refractivity contribution >= 4 is 17.3 Å². The lowest BCUT2D eigenvalue weighted by Crippen LogP contribution is -2.14. The molecule has 0 spiro atoms. The standard InChI is InChI=1S/C20H19NO4/c1-11(2)24-18-12(3)17(22)15-14(13-7-5-4-6-8-13)9-10-21-16(15)19(18)25-20(21)23/h4-11,14,22H,1-3H3. The van der Waals surface area contributed by atoms with Gasteiger partial charge in [0.05, 0.1) is 6.10 Å². The average Bonchev–Trinajstić information content (AvgIpc) is 2.94. The zero-order chi connectivity index (χ0) is 17.7. The van der Waals surface area contributed by atoms with Crippen molar-refractivity contribution in [3.8, 4) is 11.5 Å². The molecule has 5 nitrogen and oxygen atoms in total. The van der Waals surface area contributed by atoms with E-state index in [1.165, 1.54) is 4.57 Å². The maximum Gasteiger partial charge on any atom is 0.424 e. The zero-order valence-electron chi connectivity index (χ0n) is 14.3. The molecule has 128 valence electrons. The largest absolute Gasteiger partial charge is 0.507 e. The molecule has 0 amide bonds. The lowest BCUT2D eigenvalue weighted by Gasteiger charge is -2.23. The highest BCUT2D eigenvalue weighted by atomic mass is 16.5. The highest BCUT2D eigenvalue weighted by Gasteiger charge is 2.31. The number of aromatic hydroxyl groups is 1. The van der Waals surface area contributed by atoms with E-state index < -0.39 is 5.76 Å². The summed E-state index contributed by atoms with van der Waals surface area (Å²) in [6.45, 7) is 5.56. The number of nitrogens with zero attached hydrogens (tertiary/aromatic N) is 1. The van der Waals surface area contributed by atoms with Crippen molar-refractivity contribution in [1.82, 2.24) is 4.57 Å². The van der Waals surface area contributed by atoms with Crippen LogP contribution in [0.5, 0.6) is 11.5 Å². The van der Waals surface area contributed by atoms with Crippen molar-refractivity contribution in [2.24, 2.45) is 0 Å². The molecule has 2 heterocycles. The molecule has 5 heteroatoms. The van der Waals surface area contributed by atoms with Crippen molar-refractivity contribution in [3.63, 3.8) is 0 Å². The van der Waals surface area contributed by atoms with E-state index >= 15 is 0 Å². The quantitative estimate of drug-likeness (QED) is 0.784. The van der Waals surface area contributed by atoms with Gasteiger partial charge in [0, 0.05) is 23.2 Å². The van der Waals surface area contributed by atoms with Crippen molar-refractivity contribution in [3.05, 3.63) is 63.6 Å². The Kier molecular flexibility index (Phi) is 3.46. The molecule has 0 aliphatic carbocycles. The monoisotopic (exact) mass is 337 g/mol. The van der Waals surface area contributed by atoms with Crippen LogP contribution in [0.4, 0.5) is 0 Å². The van der Waals surface area contributed by atoms with Gasteiger partial charge in [0.15, 0.2) is 11.3 Å². The van der Waals surface area contributed by atoms with Crippen LogP contribution in [0.25, 0.3) is 17.3 Å². The Morgan fingerprint density at radius 2 is 1.96 bits per heavy atom. The lowest BCUT2D eigenvalue weighted by molar-refractivity contribution is 0.239. The van der Waals surface area contributed by atoms with Gasteiger partial charge in [-0.3, -0.25) is 0 Å². The number of phenols is 1. The van der Waals surface area contributed by atoms with Gasteiger partial charge >= 0.3 is 5.76 Å². The van der Waals surface area contributed by atoms with E-state index in [-0.39, 0.29) is 17.8 Å². The van der Waals surface area contributed by atoms with Crippen LogP contribution in [0.1, 0.15) is 36.5 Å². The minimum absolute atomic E-state index is 0.107. The van der Waals surface area contributed by atoms with Crippen molar-refractivity contribution in [1.29, 1.82) is 0 Å². The third-order valence-corrected chi connectivity index (χ3v) is 4.51. The van der Waals surface area contributed by atoms with Crippen molar-refractivity contribution < 1.29 is 14.3 Å². The van der Waals surface area contributed by atoms with E-state index in [1.807, 2.05) is 50.3 Å². The molecule has 0 fully saturated rings. The summed E-state index contributed by atoms with van der Waals surface area (Å²) < 4.78 is 12.8. The van der Waals surface area contributed by atoms with Crippen LogP contribution in [-0.4, -0.2) is 15.8 Å². The number of rotatable bonds is 3. The van der Waals surface area contributed by atoms with Gasteiger partial charge in [-0.2, -0.15) is 0 Å². The number of aromatic nitrogens is 1. The molecular formula is C20H19NO4. The Morgan fingerprint density at radius 1 is 1.24 bits per heavy atom. The fourth-order valence-corrected chi connectivity index (χ4v) is 3.40. The molecule has 0 saturated carbocycles. The highest BCUT2D eigenvalue weighted by molar-refractivity contribution is 5.91. The Labute approximate surface area is 144 Å². The summed E-state index contributed by atoms with van der Waals surface area (Å²) in [4.78, 5) is 12.3. The minimum Gasteiger partial charge on any atom is -0.507 e. The Balaban J connectivity index is 2.07. The number of ether oxygens (including phenoxy) is 1. The van der Waals surface area contributed by atoms with E-state index in [4.69, 9.17) is 9.15 Å². The number of hydrogen-bond acceptors (Lipinski definition) is 4. The molecule has 1 aliphatic rings. The van der Waals surface area contributed by atoms with Crippen LogP contribution >= 0.6 is 0 Å². The van der Waals surface area contributed by atoms with E-state index in [1.54, 1.807) is 13.1 Å². The molecule has 1 N–H and O–H groups in total. The maximum atomic E-state index is 12.3. The zero-order valence-corrected chi connectivity index (χ0v) is 14.3. The van der Waals surface area contributed by atoms with Crippen molar-refractivity contribution in [2.75, 3.05) is 0 Å². The number of phenolic OH excluding ortho intramolecular Hbond substituents is 1. The van der Waals surface area contributed by atoms with E-state index in [0.29, 0.717) is 28.0 Å². The molecule has 0 saturated heterocycles. The minimum atomic E-state index is -0.488.